The van der Waals surface area contributed by atoms with E-state index in [0.29, 0.717) is 29.1 Å². The maximum absolute atomic E-state index is 13.6. The van der Waals surface area contributed by atoms with E-state index in [9.17, 15) is 22.4 Å². The molecule has 0 bridgehead atoms. The summed E-state index contributed by atoms with van der Waals surface area (Å²) in [5.74, 6) is -2.23. The van der Waals surface area contributed by atoms with Gasteiger partial charge in [0.05, 0.1) is 11.3 Å². The van der Waals surface area contributed by atoms with Crippen molar-refractivity contribution >= 4 is 33.1 Å². The Kier molecular flexibility index (Phi) is 5.73. The molecule has 0 aliphatic rings. The lowest BCUT2D eigenvalue weighted by Gasteiger charge is -2.11. The summed E-state index contributed by atoms with van der Waals surface area (Å²) >= 11 is 1.50. The highest BCUT2D eigenvalue weighted by Crippen LogP contribution is 2.37. The van der Waals surface area contributed by atoms with Gasteiger partial charge in [-0.2, -0.15) is 13.2 Å². The molecule has 1 N–H and O–H groups in total. The van der Waals surface area contributed by atoms with Crippen LogP contribution in [0, 0.1) is 5.82 Å². The van der Waals surface area contributed by atoms with Gasteiger partial charge in [-0.25, -0.2) is 14.4 Å². The second-order valence-corrected chi connectivity index (χ2v) is 8.55. The second-order valence-electron chi connectivity index (χ2n) is 7.51. The van der Waals surface area contributed by atoms with Crippen LogP contribution in [-0.4, -0.2) is 20.9 Å². The molecule has 0 spiro atoms. The maximum atomic E-state index is 13.6. The highest BCUT2D eigenvalue weighted by Gasteiger charge is 2.34. The number of aromatic nitrogens is 3. The SMILES string of the molecule is O=C(Nc1cccc(-c2ncnc3sc(-c4ccncc4)cc23)c1)c1ccc(F)c(C(F)(F)F)c1. The van der Waals surface area contributed by atoms with E-state index in [1.54, 1.807) is 36.7 Å². The Bertz CT molecular complexity index is 1550. The molecule has 5 aromatic rings. The maximum Gasteiger partial charge on any atom is 0.419 e. The fourth-order valence-electron chi connectivity index (χ4n) is 3.58. The summed E-state index contributed by atoms with van der Waals surface area (Å²) in [6.45, 7) is 0. The van der Waals surface area contributed by atoms with E-state index in [-0.39, 0.29) is 5.56 Å². The summed E-state index contributed by atoms with van der Waals surface area (Å²) in [4.78, 5) is 27.2. The van der Waals surface area contributed by atoms with Crippen LogP contribution in [0.15, 0.2) is 79.4 Å². The van der Waals surface area contributed by atoms with Crippen LogP contribution in [0.25, 0.3) is 31.9 Å². The van der Waals surface area contributed by atoms with E-state index >= 15 is 0 Å². The number of nitrogens with one attached hydrogen (secondary N) is 1. The average molecular weight is 494 g/mol. The summed E-state index contributed by atoms with van der Waals surface area (Å²) in [6, 6.07) is 14.7. The molecule has 3 heterocycles. The van der Waals surface area contributed by atoms with Gasteiger partial charge in [-0.05, 0) is 54.1 Å². The van der Waals surface area contributed by atoms with Gasteiger partial charge in [-0.15, -0.1) is 11.3 Å². The molecule has 0 atom stereocenters. The summed E-state index contributed by atoms with van der Waals surface area (Å²) in [7, 11) is 0. The van der Waals surface area contributed by atoms with Crippen LogP contribution < -0.4 is 5.32 Å². The molecule has 0 aliphatic carbocycles. The fourth-order valence-corrected chi connectivity index (χ4v) is 4.58. The Morgan fingerprint density at radius 2 is 1.71 bits per heavy atom. The first kappa shape index (κ1) is 22.6. The smallest absolute Gasteiger partial charge is 0.322 e. The summed E-state index contributed by atoms with van der Waals surface area (Å²) < 4.78 is 52.6. The van der Waals surface area contributed by atoms with Crippen LogP contribution in [0.3, 0.4) is 0 Å². The molecule has 5 rings (SSSR count). The molecule has 5 nitrogen and oxygen atoms in total. The number of carbonyl (C=O) groups excluding carboxylic acids is 1. The van der Waals surface area contributed by atoms with Crippen molar-refractivity contribution in [1.29, 1.82) is 0 Å². The number of carbonyl (C=O) groups is 1. The standard InChI is InChI=1S/C25H14F4N4OS/c26-20-5-4-16(11-19(20)25(27,28)29)23(34)33-17-3-1-2-15(10-17)22-18-12-21(14-6-8-30-9-7-14)35-24(18)32-13-31-22/h1-13H,(H,33,34). The zero-order valence-corrected chi connectivity index (χ0v) is 18.5. The predicted octanol–water partition coefficient (Wildman–Crippen LogP) is 6.83. The first-order valence-corrected chi connectivity index (χ1v) is 11.0. The summed E-state index contributed by atoms with van der Waals surface area (Å²) in [5, 5.41) is 3.39. The molecule has 35 heavy (non-hydrogen) atoms. The normalized spacial score (nSPS) is 11.5. The number of alkyl halides is 3. The van der Waals surface area contributed by atoms with Gasteiger partial charge in [-0.1, -0.05) is 12.1 Å². The minimum atomic E-state index is -4.91. The molecule has 0 fully saturated rings. The molecular weight excluding hydrogens is 480 g/mol. The van der Waals surface area contributed by atoms with Crippen LogP contribution in [0.5, 0.6) is 0 Å². The zero-order valence-electron chi connectivity index (χ0n) is 17.7. The van der Waals surface area contributed by atoms with E-state index in [4.69, 9.17) is 0 Å². The van der Waals surface area contributed by atoms with Crippen molar-refractivity contribution < 1.29 is 22.4 Å². The largest absolute Gasteiger partial charge is 0.419 e. The van der Waals surface area contributed by atoms with Gasteiger partial charge in [0, 0.05) is 39.5 Å². The Morgan fingerprint density at radius 1 is 0.914 bits per heavy atom. The van der Waals surface area contributed by atoms with Crippen LogP contribution in [0.1, 0.15) is 15.9 Å². The average Bonchev–Trinajstić information content (AvgIpc) is 3.29. The van der Waals surface area contributed by atoms with Gasteiger partial charge in [-0.3, -0.25) is 9.78 Å². The Hall–Kier alpha value is -4.18. The topological polar surface area (TPSA) is 67.8 Å². The summed E-state index contributed by atoms with van der Waals surface area (Å²) in [5.41, 5.74) is 0.862. The van der Waals surface area contributed by atoms with Crippen LogP contribution >= 0.6 is 11.3 Å². The van der Waals surface area contributed by atoms with Crippen molar-refractivity contribution in [1.82, 2.24) is 15.0 Å². The lowest BCUT2D eigenvalue weighted by atomic mass is 10.1. The van der Waals surface area contributed by atoms with Gasteiger partial charge in [0.15, 0.2) is 0 Å². The number of hydrogen-bond donors (Lipinski definition) is 1. The van der Waals surface area contributed by atoms with Crippen LogP contribution in [0.2, 0.25) is 0 Å². The number of rotatable bonds is 4. The third kappa shape index (κ3) is 4.60. The molecule has 0 radical (unpaired) electrons. The molecule has 0 saturated heterocycles. The van der Waals surface area contributed by atoms with Crippen molar-refractivity contribution in [2.75, 3.05) is 5.32 Å². The van der Waals surface area contributed by atoms with Crippen molar-refractivity contribution in [3.8, 4) is 21.7 Å². The molecule has 0 saturated carbocycles. The first-order valence-electron chi connectivity index (χ1n) is 10.2. The van der Waals surface area contributed by atoms with Gasteiger partial charge < -0.3 is 5.32 Å². The first-order chi connectivity index (χ1) is 16.8. The third-order valence-electron chi connectivity index (χ3n) is 5.22. The Morgan fingerprint density at radius 3 is 2.49 bits per heavy atom. The summed E-state index contributed by atoms with van der Waals surface area (Å²) in [6.07, 6.45) is -0.0459. The van der Waals surface area contributed by atoms with Crippen molar-refractivity contribution in [2.45, 2.75) is 6.18 Å². The van der Waals surface area contributed by atoms with E-state index < -0.39 is 23.5 Å². The van der Waals surface area contributed by atoms with Crippen LogP contribution in [0.4, 0.5) is 23.2 Å². The Labute approximate surface area is 200 Å². The number of benzene rings is 2. The van der Waals surface area contributed by atoms with Crippen molar-refractivity contribution in [3.05, 3.63) is 96.3 Å². The number of nitrogens with zero attached hydrogens (tertiary/aromatic N) is 3. The molecular formula is C25H14F4N4OS. The van der Waals surface area contributed by atoms with E-state index in [1.807, 2.05) is 18.2 Å². The zero-order chi connectivity index (χ0) is 24.6. The minimum absolute atomic E-state index is 0.312. The van der Waals surface area contributed by atoms with E-state index in [0.717, 1.165) is 26.7 Å². The number of pyridine rings is 1. The molecule has 2 aromatic carbocycles. The van der Waals surface area contributed by atoms with E-state index in [1.165, 1.54) is 17.7 Å². The lowest BCUT2D eigenvalue weighted by molar-refractivity contribution is -0.140. The fraction of sp³-hybridized carbons (Fsp3) is 0.0400. The van der Waals surface area contributed by atoms with Gasteiger partial charge in [0.2, 0.25) is 0 Å². The third-order valence-corrected chi connectivity index (χ3v) is 6.31. The lowest BCUT2D eigenvalue weighted by Crippen LogP contribution is -2.15. The van der Waals surface area contributed by atoms with Crippen molar-refractivity contribution in [3.63, 3.8) is 0 Å². The molecule has 174 valence electrons. The molecule has 0 aliphatic heterocycles. The second kappa shape index (κ2) is 8.88. The number of hydrogen-bond acceptors (Lipinski definition) is 5. The minimum Gasteiger partial charge on any atom is -0.322 e. The molecule has 0 unspecified atom stereocenters. The quantitative estimate of drug-likeness (QED) is 0.278. The monoisotopic (exact) mass is 494 g/mol. The highest BCUT2D eigenvalue weighted by atomic mass is 32.1. The molecule has 10 heteroatoms. The number of anilines is 1. The van der Waals surface area contributed by atoms with Gasteiger partial charge in [0.25, 0.3) is 5.91 Å². The Balaban J connectivity index is 1.46. The highest BCUT2D eigenvalue weighted by molar-refractivity contribution is 7.21. The number of thiophene rings is 1. The number of fused-ring (bicyclic) bond motifs is 1. The van der Waals surface area contributed by atoms with Crippen molar-refractivity contribution in [2.24, 2.45) is 0 Å². The predicted molar refractivity (Wildman–Crippen MR) is 125 cm³/mol. The number of halogens is 4. The number of amides is 1. The van der Waals surface area contributed by atoms with E-state index in [2.05, 4.69) is 20.3 Å². The van der Waals surface area contributed by atoms with Gasteiger partial charge in [0.1, 0.15) is 17.0 Å². The van der Waals surface area contributed by atoms with Gasteiger partial charge >= 0.3 is 6.18 Å². The van der Waals surface area contributed by atoms with Crippen LogP contribution in [-0.2, 0) is 6.18 Å². The molecule has 1 amide bonds. The molecule has 3 aromatic heterocycles.